The van der Waals surface area contributed by atoms with Gasteiger partial charge in [-0.05, 0) is 66.4 Å². The lowest BCUT2D eigenvalue weighted by molar-refractivity contribution is -0.122. The summed E-state index contributed by atoms with van der Waals surface area (Å²) in [7, 11) is 0. The molecule has 0 unspecified atom stereocenters. The van der Waals surface area contributed by atoms with Crippen LogP contribution in [-0.2, 0) is 20.7 Å². The van der Waals surface area contributed by atoms with Gasteiger partial charge in [-0.2, -0.15) is 0 Å². The fourth-order valence-corrected chi connectivity index (χ4v) is 4.04. The van der Waals surface area contributed by atoms with Crippen LogP contribution in [0.4, 0.5) is 10.5 Å². The number of imide groups is 2. The maximum atomic E-state index is 13.1. The van der Waals surface area contributed by atoms with Crippen LogP contribution in [0.25, 0.3) is 6.08 Å². The number of esters is 1. The smallest absolute Gasteiger partial charge is 0.338 e. The number of amides is 4. The Kier molecular flexibility index (Phi) is 7.22. The molecule has 1 saturated heterocycles. The van der Waals surface area contributed by atoms with E-state index >= 15 is 0 Å². The Labute approximate surface area is 210 Å². The average Bonchev–Trinajstić information content (AvgIpc) is 2.84. The minimum atomic E-state index is -0.857. The first kappa shape index (κ1) is 24.1. The highest BCUT2D eigenvalue weighted by atomic mass is 79.9. The number of hydrogen-bond donors (Lipinski definition) is 1. The Morgan fingerprint density at radius 3 is 2.31 bits per heavy atom. The van der Waals surface area contributed by atoms with Gasteiger partial charge in [-0.1, -0.05) is 58.4 Å². The van der Waals surface area contributed by atoms with Gasteiger partial charge in [0.2, 0.25) is 0 Å². The van der Waals surface area contributed by atoms with E-state index in [9.17, 15) is 19.2 Å². The van der Waals surface area contributed by atoms with Crippen molar-refractivity contribution in [2.75, 3.05) is 11.5 Å². The van der Waals surface area contributed by atoms with Gasteiger partial charge in [0.1, 0.15) is 5.57 Å². The number of nitrogens with zero attached hydrogens (tertiary/aromatic N) is 1. The summed E-state index contributed by atoms with van der Waals surface area (Å²) >= 11 is 3.55. The third-order valence-corrected chi connectivity index (χ3v) is 6.16. The second kappa shape index (κ2) is 10.5. The molecule has 35 heavy (non-hydrogen) atoms. The van der Waals surface area contributed by atoms with E-state index in [4.69, 9.17) is 4.74 Å². The van der Waals surface area contributed by atoms with Crippen LogP contribution in [0.15, 0.2) is 82.8 Å². The van der Waals surface area contributed by atoms with Crippen LogP contribution in [0, 0.1) is 0 Å². The van der Waals surface area contributed by atoms with Crippen LogP contribution in [0.2, 0.25) is 0 Å². The zero-order chi connectivity index (χ0) is 24.9. The number of carbonyl (C=O) groups excluding carboxylic acids is 4. The van der Waals surface area contributed by atoms with Gasteiger partial charge < -0.3 is 4.74 Å². The van der Waals surface area contributed by atoms with Crippen LogP contribution in [0.3, 0.4) is 0 Å². The van der Waals surface area contributed by atoms with Gasteiger partial charge in [0.25, 0.3) is 11.8 Å². The Hall–Kier alpha value is -4.04. The van der Waals surface area contributed by atoms with Gasteiger partial charge in [-0.3, -0.25) is 14.9 Å². The number of urea groups is 1. The quantitative estimate of drug-likeness (QED) is 0.277. The molecule has 4 amide bonds. The largest absolute Gasteiger partial charge is 0.462 e. The SMILES string of the molecule is CCOC(=O)c1ccc(N2C(=O)NC(=O)/C(=C\c3ccc(Cc4ccccc4Br)cc3)C2=O)cc1. The molecule has 4 rings (SSSR count). The molecule has 1 fully saturated rings. The van der Waals surface area contributed by atoms with Crippen molar-refractivity contribution in [2.24, 2.45) is 0 Å². The summed E-state index contributed by atoms with van der Waals surface area (Å²) < 4.78 is 5.97. The van der Waals surface area contributed by atoms with E-state index in [-0.39, 0.29) is 23.4 Å². The number of nitrogens with one attached hydrogen (secondary N) is 1. The number of anilines is 1. The van der Waals surface area contributed by atoms with E-state index in [2.05, 4.69) is 21.2 Å². The Balaban J connectivity index is 1.55. The van der Waals surface area contributed by atoms with E-state index in [1.165, 1.54) is 30.3 Å². The molecule has 176 valence electrons. The molecule has 0 atom stereocenters. The molecule has 1 heterocycles. The molecule has 3 aromatic rings. The Morgan fingerprint density at radius 2 is 1.66 bits per heavy atom. The minimum Gasteiger partial charge on any atom is -0.462 e. The monoisotopic (exact) mass is 532 g/mol. The molecular formula is C27H21BrN2O5. The molecule has 1 aliphatic heterocycles. The number of barbiturate groups is 1. The molecule has 0 radical (unpaired) electrons. The third-order valence-electron chi connectivity index (χ3n) is 5.38. The van der Waals surface area contributed by atoms with Crippen LogP contribution in [0.5, 0.6) is 0 Å². The zero-order valence-electron chi connectivity index (χ0n) is 18.8. The number of rotatable bonds is 6. The van der Waals surface area contributed by atoms with Crippen molar-refractivity contribution in [2.45, 2.75) is 13.3 Å². The van der Waals surface area contributed by atoms with Crippen molar-refractivity contribution in [3.05, 3.63) is 105 Å². The van der Waals surface area contributed by atoms with Gasteiger partial charge in [0, 0.05) is 4.47 Å². The molecule has 1 N–H and O–H groups in total. The lowest BCUT2D eigenvalue weighted by atomic mass is 10.0. The zero-order valence-corrected chi connectivity index (χ0v) is 20.4. The van der Waals surface area contributed by atoms with E-state index in [1.54, 1.807) is 6.92 Å². The summed E-state index contributed by atoms with van der Waals surface area (Å²) in [5.74, 6) is -2.02. The lowest BCUT2D eigenvalue weighted by Gasteiger charge is -2.26. The fourth-order valence-electron chi connectivity index (χ4n) is 3.61. The molecule has 3 aromatic carbocycles. The predicted molar refractivity (Wildman–Crippen MR) is 135 cm³/mol. The van der Waals surface area contributed by atoms with Gasteiger partial charge >= 0.3 is 12.0 Å². The maximum absolute atomic E-state index is 13.1. The number of halogens is 1. The van der Waals surface area contributed by atoms with Crippen molar-refractivity contribution in [3.8, 4) is 0 Å². The number of hydrogen-bond acceptors (Lipinski definition) is 5. The van der Waals surface area contributed by atoms with Crippen molar-refractivity contribution in [1.29, 1.82) is 0 Å². The third kappa shape index (κ3) is 5.38. The number of ether oxygens (including phenoxy) is 1. The Bertz CT molecular complexity index is 1330. The van der Waals surface area contributed by atoms with Crippen LogP contribution < -0.4 is 10.2 Å². The van der Waals surface area contributed by atoms with Crippen molar-refractivity contribution < 1.29 is 23.9 Å². The summed E-state index contributed by atoms with van der Waals surface area (Å²) in [6, 6.07) is 20.4. The van der Waals surface area contributed by atoms with E-state index < -0.39 is 23.8 Å². The highest BCUT2D eigenvalue weighted by Crippen LogP contribution is 2.24. The minimum absolute atomic E-state index is 0.169. The van der Waals surface area contributed by atoms with Crippen molar-refractivity contribution in [1.82, 2.24) is 5.32 Å². The van der Waals surface area contributed by atoms with Gasteiger partial charge in [0.15, 0.2) is 0 Å². The normalized spacial score (nSPS) is 14.7. The highest BCUT2D eigenvalue weighted by molar-refractivity contribution is 9.10. The molecule has 0 aliphatic carbocycles. The topological polar surface area (TPSA) is 92.8 Å². The summed E-state index contributed by atoms with van der Waals surface area (Å²) in [6.07, 6.45) is 2.17. The molecule has 7 nitrogen and oxygen atoms in total. The fraction of sp³-hybridized carbons (Fsp3) is 0.111. The van der Waals surface area contributed by atoms with Crippen molar-refractivity contribution >= 4 is 51.5 Å². The van der Waals surface area contributed by atoms with Crippen LogP contribution >= 0.6 is 15.9 Å². The van der Waals surface area contributed by atoms with Gasteiger partial charge in [-0.15, -0.1) is 0 Å². The molecule has 1 aliphatic rings. The van der Waals surface area contributed by atoms with Crippen LogP contribution in [-0.4, -0.2) is 30.4 Å². The molecular weight excluding hydrogens is 512 g/mol. The first-order chi connectivity index (χ1) is 16.9. The average molecular weight is 533 g/mol. The number of benzene rings is 3. The molecule has 0 aromatic heterocycles. The molecule has 0 saturated carbocycles. The molecule has 8 heteroatoms. The standard InChI is InChI=1S/C27H21BrN2O5/c1-2-35-26(33)19-11-13-21(14-12-19)30-25(32)22(24(31)29-27(30)34)16-18-9-7-17(8-10-18)15-20-5-3-4-6-23(20)28/h3-14,16H,2,15H2,1H3,(H,29,31,34)/b22-16+. The lowest BCUT2D eigenvalue weighted by Crippen LogP contribution is -2.54. The summed E-state index contributed by atoms with van der Waals surface area (Å²) in [5.41, 5.74) is 3.20. The van der Waals surface area contributed by atoms with E-state index in [0.29, 0.717) is 5.56 Å². The van der Waals surface area contributed by atoms with Gasteiger partial charge in [0.05, 0.1) is 17.9 Å². The maximum Gasteiger partial charge on any atom is 0.338 e. The van der Waals surface area contributed by atoms with E-state index in [1.807, 2.05) is 48.5 Å². The number of carbonyl (C=O) groups is 4. The van der Waals surface area contributed by atoms with Crippen LogP contribution in [0.1, 0.15) is 34.0 Å². The first-order valence-corrected chi connectivity index (χ1v) is 11.7. The summed E-state index contributed by atoms with van der Waals surface area (Å²) in [6.45, 7) is 1.93. The first-order valence-electron chi connectivity index (χ1n) is 10.9. The Morgan fingerprint density at radius 1 is 0.971 bits per heavy atom. The second-order valence-corrected chi connectivity index (χ2v) is 8.59. The molecule has 0 spiro atoms. The second-order valence-electron chi connectivity index (χ2n) is 7.73. The highest BCUT2D eigenvalue weighted by Gasteiger charge is 2.36. The summed E-state index contributed by atoms with van der Waals surface area (Å²) in [5, 5.41) is 2.20. The molecule has 0 bridgehead atoms. The van der Waals surface area contributed by atoms with Gasteiger partial charge in [-0.25, -0.2) is 14.5 Å². The predicted octanol–water partition coefficient (Wildman–Crippen LogP) is 4.88. The van der Waals surface area contributed by atoms with E-state index in [0.717, 1.165) is 26.9 Å². The summed E-state index contributed by atoms with van der Waals surface area (Å²) in [4.78, 5) is 50.7. The van der Waals surface area contributed by atoms with Crippen molar-refractivity contribution in [3.63, 3.8) is 0 Å².